The number of carbonyl (C=O) groups is 1. The number of carboxylic acids is 1. The molecule has 2 saturated heterocycles. The number of rotatable bonds is 6. The zero-order valence-corrected chi connectivity index (χ0v) is 10.0. The fourth-order valence-corrected chi connectivity index (χ4v) is 2.86. The van der Waals surface area contributed by atoms with Gasteiger partial charge >= 0.3 is 5.97 Å². The zero-order chi connectivity index (χ0) is 12.3. The van der Waals surface area contributed by atoms with E-state index in [1.165, 1.54) is 0 Å². The Labute approximate surface area is 102 Å². The van der Waals surface area contributed by atoms with Crippen LogP contribution < -0.4 is 5.73 Å². The van der Waals surface area contributed by atoms with Crippen molar-refractivity contribution in [3.63, 3.8) is 0 Å². The Morgan fingerprint density at radius 1 is 1.35 bits per heavy atom. The van der Waals surface area contributed by atoms with Gasteiger partial charge in [-0.05, 0) is 32.1 Å². The maximum Gasteiger partial charge on any atom is 0.303 e. The number of aliphatic carboxylic acids is 1. The van der Waals surface area contributed by atoms with Crippen LogP contribution in [0.25, 0.3) is 0 Å². The van der Waals surface area contributed by atoms with E-state index in [1.54, 1.807) is 0 Å². The van der Waals surface area contributed by atoms with E-state index >= 15 is 0 Å². The van der Waals surface area contributed by atoms with Gasteiger partial charge < -0.3 is 15.6 Å². The molecule has 0 spiro atoms. The standard InChI is InChI=1S/C13H21NO3/c14-13-9(10-7-8-11(13)17-10)5-3-1-2-4-6-12(15)16/h1,3,9-11,13H,2,4-8,14H2,(H,15,16)/t9-,10+,11-,13+/m1/s1. The molecule has 3 N–H and O–H groups in total. The molecule has 0 saturated carbocycles. The molecule has 4 nitrogen and oxygen atoms in total. The molecule has 4 heteroatoms. The third kappa shape index (κ3) is 3.07. The molecule has 0 aromatic carbocycles. The SMILES string of the molecule is N[C@H]1[C@H](CC=CCCCC(=O)O)[C@@H]2CC[C@H]1O2. The summed E-state index contributed by atoms with van der Waals surface area (Å²) in [6, 6.07) is 0.192. The molecule has 0 unspecified atom stereocenters. The molecule has 0 aliphatic carbocycles. The number of hydrogen-bond donors (Lipinski definition) is 2. The Morgan fingerprint density at radius 2 is 2.12 bits per heavy atom. The van der Waals surface area contributed by atoms with E-state index in [0.717, 1.165) is 25.7 Å². The predicted octanol–water partition coefficient (Wildman–Crippen LogP) is 1.69. The highest BCUT2D eigenvalue weighted by Gasteiger charge is 2.46. The highest BCUT2D eigenvalue weighted by molar-refractivity contribution is 5.66. The van der Waals surface area contributed by atoms with Crippen LogP contribution in [0, 0.1) is 5.92 Å². The number of carboxylic acid groups (broad SMARTS) is 1. The third-order valence-corrected chi connectivity index (χ3v) is 3.82. The molecule has 2 aliphatic heterocycles. The van der Waals surface area contributed by atoms with Crippen molar-refractivity contribution in [2.75, 3.05) is 0 Å². The number of hydrogen-bond acceptors (Lipinski definition) is 3. The number of ether oxygens (including phenoxy) is 1. The highest BCUT2D eigenvalue weighted by Crippen LogP contribution is 2.39. The number of unbranched alkanes of at least 4 members (excludes halogenated alkanes) is 1. The van der Waals surface area contributed by atoms with Crippen molar-refractivity contribution in [2.45, 2.75) is 56.8 Å². The summed E-state index contributed by atoms with van der Waals surface area (Å²) in [7, 11) is 0. The Morgan fingerprint density at radius 3 is 2.76 bits per heavy atom. The van der Waals surface area contributed by atoms with E-state index in [-0.39, 0.29) is 18.6 Å². The summed E-state index contributed by atoms with van der Waals surface area (Å²) >= 11 is 0. The predicted molar refractivity (Wildman–Crippen MR) is 64.6 cm³/mol. The topological polar surface area (TPSA) is 72.6 Å². The lowest BCUT2D eigenvalue weighted by molar-refractivity contribution is -0.137. The van der Waals surface area contributed by atoms with Crippen molar-refractivity contribution in [1.29, 1.82) is 0 Å². The summed E-state index contributed by atoms with van der Waals surface area (Å²) in [6.45, 7) is 0. The Balaban J connectivity index is 1.65. The summed E-state index contributed by atoms with van der Waals surface area (Å²) in [5, 5.41) is 8.49. The first-order chi connectivity index (χ1) is 8.18. The van der Waals surface area contributed by atoms with Crippen LogP contribution in [0.15, 0.2) is 12.2 Å². The summed E-state index contributed by atoms with van der Waals surface area (Å²) < 4.78 is 5.77. The normalized spacial score (nSPS) is 35.8. The van der Waals surface area contributed by atoms with Crippen molar-refractivity contribution in [1.82, 2.24) is 0 Å². The average Bonchev–Trinajstić information content (AvgIpc) is 2.85. The van der Waals surface area contributed by atoms with Crippen molar-refractivity contribution < 1.29 is 14.6 Å². The van der Waals surface area contributed by atoms with Gasteiger partial charge in [0.2, 0.25) is 0 Å². The zero-order valence-electron chi connectivity index (χ0n) is 10.0. The fraction of sp³-hybridized carbons (Fsp3) is 0.769. The molecule has 96 valence electrons. The lowest BCUT2D eigenvalue weighted by Gasteiger charge is -2.23. The van der Waals surface area contributed by atoms with Crippen LogP contribution >= 0.6 is 0 Å². The summed E-state index contributed by atoms with van der Waals surface area (Å²) in [5.41, 5.74) is 6.11. The first kappa shape index (κ1) is 12.6. The Kier molecular flexibility index (Phi) is 4.18. The second-order valence-electron chi connectivity index (χ2n) is 5.02. The van der Waals surface area contributed by atoms with Crippen molar-refractivity contribution in [3.05, 3.63) is 12.2 Å². The molecule has 2 fully saturated rings. The number of allylic oxidation sites excluding steroid dienone is 2. The monoisotopic (exact) mass is 239 g/mol. The van der Waals surface area contributed by atoms with E-state index in [0.29, 0.717) is 18.4 Å². The first-order valence-electron chi connectivity index (χ1n) is 6.46. The molecule has 0 aromatic rings. The smallest absolute Gasteiger partial charge is 0.303 e. The van der Waals surface area contributed by atoms with E-state index in [4.69, 9.17) is 15.6 Å². The molecular formula is C13H21NO3. The number of nitrogens with two attached hydrogens (primary N) is 1. The van der Waals surface area contributed by atoms with Crippen LogP contribution in [-0.4, -0.2) is 29.3 Å². The summed E-state index contributed by atoms with van der Waals surface area (Å²) in [6.07, 6.45) is 9.88. The maximum absolute atomic E-state index is 10.3. The van der Waals surface area contributed by atoms with Gasteiger partial charge in [0, 0.05) is 18.4 Å². The van der Waals surface area contributed by atoms with Crippen molar-refractivity contribution in [3.8, 4) is 0 Å². The average molecular weight is 239 g/mol. The van der Waals surface area contributed by atoms with Gasteiger partial charge in [-0.2, -0.15) is 0 Å². The van der Waals surface area contributed by atoms with E-state index in [1.807, 2.05) is 0 Å². The molecule has 2 rings (SSSR count). The van der Waals surface area contributed by atoms with Gasteiger partial charge in [0.05, 0.1) is 12.2 Å². The number of fused-ring (bicyclic) bond motifs is 2. The molecule has 2 heterocycles. The van der Waals surface area contributed by atoms with Crippen LogP contribution in [0.5, 0.6) is 0 Å². The van der Waals surface area contributed by atoms with Gasteiger partial charge in [0.25, 0.3) is 0 Å². The van der Waals surface area contributed by atoms with Crippen LogP contribution in [0.4, 0.5) is 0 Å². The summed E-state index contributed by atoms with van der Waals surface area (Å²) in [5.74, 6) is -0.258. The van der Waals surface area contributed by atoms with Crippen molar-refractivity contribution in [2.24, 2.45) is 11.7 Å². The largest absolute Gasteiger partial charge is 0.481 e. The van der Waals surface area contributed by atoms with Crippen LogP contribution in [-0.2, 0) is 9.53 Å². The van der Waals surface area contributed by atoms with Crippen molar-refractivity contribution >= 4 is 5.97 Å². The molecular weight excluding hydrogens is 218 g/mol. The lowest BCUT2D eigenvalue weighted by atomic mass is 9.83. The van der Waals surface area contributed by atoms with Gasteiger partial charge in [-0.3, -0.25) is 4.79 Å². The minimum atomic E-state index is -0.720. The van der Waals surface area contributed by atoms with E-state index < -0.39 is 5.97 Å². The molecule has 0 amide bonds. The molecule has 17 heavy (non-hydrogen) atoms. The molecule has 0 aromatic heterocycles. The van der Waals surface area contributed by atoms with Gasteiger partial charge in [-0.1, -0.05) is 12.2 Å². The Bertz CT molecular complexity index is 301. The van der Waals surface area contributed by atoms with Gasteiger partial charge in [0.1, 0.15) is 0 Å². The second kappa shape index (κ2) is 5.65. The first-order valence-corrected chi connectivity index (χ1v) is 6.46. The van der Waals surface area contributed by atoms with Crippen LogP contribution in [0.2, 0.25) is 0 Å². The van der Waals surface area contributed by atoms with Crippen LogP contribution in [0.1, 0.15) is 38.5 Å². The maximum atomic E-state index is 10.3. The minimum Gasteiger partial charge on any atom is -0.481 e. The fourth-order valence-electron chi connectivity index (χ4n) is 2.86. The summed E-state index contributed by atoms with van der Waals surface area (Å²) in [4.78, 5) is 10.3. The highest BCUT2D eigenvalue weighted by atomic mass is 16.5. The van der Waals surface area contributed by atoms with Gasteiger partial charge in [0.15, 0.2) is 0 Å². The molecule has 0 radical (unpaired) electrons. The van der Waals surface area contributed by atoms with Crippen LogP contribution in [0.3, 0.4) is 0 Å². The molecule has 2 bridgehead atoms. The van der Waals surface area contributed by atoms with E-state index in [9.17, 15) is 4.79 Å². The quantitative estimate of drug-likeness (QED) is 0.546. The Hall–Kier alpha value is -0.870. The van der Waals surface area contributed by atoms with E-state index in [2.05, 4.69) is 12.2 Å². The lowest BCUT2D eigenvalue weighted by Crippen LogP contribution is -2.39. The van der Waals surface area contributed by atoms with Gasteiger partial charge in [-0.25, -0.2) is 0 Å². The minimum absolute atomic E-state index is 0.192. The molecule has 2 aliphatic rings. The van der Waals surface area contributed by atoms with Gasteiger partial charge in [-0.15, -0.1) is 0 Å². The molecule has 4 atom stereocenters. The second-order valence-corrected chi connectivity index (χ2v) is 5.02. The third-order valence-electron chi connectivity index (χ3n) is 3.82.